The van der Waals surface area contributed by atoms with Gasteiger partial charge in [0.2, 0.25) is 0 Å². The van der Waals surface area contributed by atoms with Crippen LogP contribution >= 0.6 is 0 Å². The van der Waals surface area contributed by atoms with Crippen LogP contribution < -0.4 is 0 Å². The van der Waals surface area contributed by atoms with Gasteiger partial charge in [-0.05, 0) is 56.6 Å². The van der Waals surface area contributed by atoms with Crippen LogP contribution in [0.5, 0.6) is 0 Å². The molecule has 0 spiro atoms. The van der Waals surface area contributed by atoms with Crippen molar-refractivity contribution in [2.45, 2.75) is 53.4 Å². The van der Waals surface area contributed by atoms with Crippen molar-refractivity contribution in [2.24, 2.45) is 5.92 Å². The molecule has 0 unspecified atom stereocenters. The van der Waals surface area contributed by atoms with Crippen molar-refractivity contribution in [2.75, 3.05) is 0 Å². The lowest BCUT2D eigenvalue weighted by Gasteiger charge is -2.14. The van der Waals surface area contributed by atoms with Crippen molar-refractivity contribution < 1.29 is 0 Å². The monoisotopic (exact) mass is 358 g/mol. The molecule has 0 radical (unpaired) electrons. The van der Waals surface area contributed by atoms with Crippen molar-refractivity contribution in [3.63, 3.8) is 0 Å². The molecule has 0 bridgehead atoms. The van der Waals surface area contributed by atoms with Gasteiger partial charge in [-0.15, -0.1) is 13.2 Å². The number of hydrogen-bond donors (Lipinski definition) is 0. The molecule has 4 aromatic rings. The molecule has 27 heavy (non-hydrogen) atoms. The zero-order valence-electron chi connectivity index (χ0n) is 17.5. The first-order valence-electron chi connectivity index (χ1n) is 10.3. The van der Waals surface area contributed by atoms with Crippen LogP contribution in [0.1, 0.15) is 52.5 Å². The predicted molar refractivity (Wildman–Crippen MR) is 125 cm³/mol. The van der Waals surface area contributed by atoms with Crippen LogP contribution in [0.2, 0.25) is 0 Å². The summed E-state index contributed by atoms with van der Waals surface area (Å²) >= 11 is 0. The summed E-state index contributed by atoms with van der Waals surface area (Å²) in [7, 11) is 0. The van der Waals surface area contributed by atoms with Gasteiger partial charge in [0.1, 0.15) is 0 Å². The zero-order chi connectivity index (χ0) is 19.8. The molecule has 0 aromatic heterocycles. The van der Waals surface area contributed by atoms with Gasteiger partial charge >= 0.3 is 0 Å². The molecule has 0 saturated carbocycles. The van der Waals surface area contributed by atoms with E-state index in [1.165, 1.54) is 63.6 Å². The van der Waals surface area contributed by atoms with Crippen LogP contribution in [-0.4, -0.2) is 0 Å². The highest BCUT2D eigenvalue weighted by atomic mass is 14.1. The average Bonchev–Trinajstić information content (AvgIpc) is 2.69. The van der Waals surface area contributed by atoms with Crippen LogP contribution in [0, 0.1) is 5.92 Å². The lowest BCUT2D eigenvalue weighted by atomic mass is 9.90. The van der Waals surface area contributed by atoms with E-state index < -0.39 is 0 Å². The second-order valence-corrected chi connectivity index (χ2v) is 7.57. The molecule has 0 heteroatoms. The van der Waals surface area contributed by atoms with Gasteiger partial charge in [-0.1, -0.05) is 95.1 Å². The highest BCUT2D eigenvalue weighted by Gasteiger charge is 2.10. The summed E-state index contributed by atoms with van der Waals surface area (Å²) in [5.41, 5.74) is 1.51. The Hall–Kier alpha value is -2.34. The molecule has 0 heterocycles. The molecule has 0 fully saturated rings. The van der Waals surface area contributed by atoms with E-state index >= 15 is 0 Å². The normalized spacial score (nSPS) is 10.7. The molecule has 4 rings (SSSR count). The Balaban J connectivity index is 0.000000478. The van der Waals surface area contributed by atoms with Gasteiger partial charge in [-0.3, -0.25) is 0 Å². The summed E-state index contributed by atoms with van der Waals surface area (Å²) in [5.74, 6) is 0.791. The van der Waals surface area contributed by atoms with Gasteiger partial charge < -0.3 is 0 Å². The first kappa shape index (κ1) is 21.0. The molecule has 0 nitrogen and oxygen atoms in total. The molecule has 0 aliphatic carbocycles. The second kappa shape index (κ2) is 10.1. The third-order valence-corrected chi connectivity index (χ3v) is 4.85. The summed E-state index contributed by atoms with van der Waals surface area (Å²) in [5, 5.41) is 8.42. The second-order valence-electron chi connectivity index (χ2n) is 7.57. The van der Waals surface area contributed by atoms with Crippen molar-refractivity contribution in [1.29, 1.82) is 0 Å². The van der Waals surface area contributed by atoms with E-state index in [4.69, 9.17) is 0 Å². The predicted octanol–water partition coefficient (Wildman–Crippen LogP) is 8.78. The third kappa shape index (κ3) is 4.69. The highest BCUT2D eigenvalue weighted by molar-refractivity contribution is 6.23. The summed E-state index contributed by atoms with van der Waals surface area (Å²) in [6.07, 6.45) is 5.02. The van der Waals surface area contributed by atoms with Gasteiger partial charge in [0.15, 0.2) is 0 Å². The first-order chi connectivity index (χ1) is 13.2. The number of hydrogen-bond acceptors (Lipinski definition) is 0. The van der Waals surface area contributed by atoms with E-state index in [0.717, 1.165) is 5.92 Å². The molecule has 0 aliphatic rings. The minimum absolute atomic E-state index is 0.791. The molecular formula is C27H34. The lowest BCUT2D eigenvalue weighted by molar-refractivity contribution is 0.556. The van der Waals surface area contributed by atoms with Crippen LogP contribution in [0.4, 0.5) is 0 Å². The first-order valence-corrected chi connectivity index (χ1v) is 10.3. The maximum Gasteiger partial charge on any atom is -0.00240 e. The van der Waals surface area contributed by atoms with Crippen molar-refractivity contribution in [3.8, 4) is 0 Å². The maximum atomic E-state index is 3.00. The van der Waals surface area contributed by atoms with E-state index in [1.807, 2.05) is 0 Å². The molecule has 142 valence electrons. The highest BCUT2D eigenvalue weighted by Crippen LogP contribution is 2.36. The Bertz CT molecular complexity index is 946. The minimum Gasteiger partial charge on any atom is -0.106 e. The smallest absolute Gasteiger partial charge is 0.00240 e. The molecular weight excluding hydrogens is 324 g/mol. The van der Waals surface area contributed by atoms with Gasteiger partial charge in [-0.25, -0.2) is 0 Å². The average molecular weight is 359 g/mol. The maximum absolute atomic E-state index is 3.00. The topological polar surface area (TPSA) is 0 Å². The van der Waals surface area contributed by atoms with Crippen molar-refractivity contribution in [3.05, 3.63) is 73.3 Å². The van der Waals surface area contributed by atoms with E-state index in [9.17, 15) is 0 Å². The Morgan fingerprint density at radius 3 is 1.85 bits per heavy atom. The Morgan fingerprint density at radius 1 is 0.741 bits per heavy atom. The van der Waals surface area contributed by atoms with Crippen molar-refractivity contribution >= 4 is 32.3 Å². The standard InChI is InChI=1S/C22H22.C3H8.C2H4/c1-15(2)5-3-6-16-9-10-19-12-11-17-7-4-8-18-13-14-20(16)22(19)21(17)18;1-3-2;1-2/h4,7-15H,3,5-6H2,1-2H3;3H2,1-2H3;1-2H2. The summed E-state index contributed by atoms with van der Waals surface area (Å²) in [6, 6.07) is 20.4. The van der Waals surface area contributed by atoms with Gasteiger partial charge in [-0.2, -0.15) is 0 Å². The van der Waals surface area contributed by atoms with E-state index in [1.54, 1.807) is 0 Å². The molecule has 0 amide bonds. The van der Waals surface area contributed by atoms with Crippen molar-refractivity contribution in [1.82, 2.24) is 0 Å². The van der Waals surface area contributed by atoms with Crippen LogP contribution in [0.15, 0.2) is 67.8 Å². The molecule has 0 N–H and O–H groups in total. The lowest BCUT2D eigenvalue weighted by Crippen LogP contribution is -1.93. The fraction of sp³-hybridized carbons (Fsp3) is 0.333. The SMILES string of the molecule is C=C.CC(C)CCCc1ccc2ccc3cccc4ccc1c2c34.CCC. The summed E-state index contributed by atoms with van der Waals surface area (Å²) in [4.78, 5) is 0. The fourth-order valence-electron chi connectivity index (χ4n) is 3.71. The summed E-state index contributed by atoms with van der Waals surface area (Å²) < 4.78 is 0. The van der Waals surface area contributed by atoms with E-state index in [0.29, 0.717) is 0 Å². The van der Waals surface area contributed by atoms with Crippen LogP contribution in [0.3, 0.4) is 0 Å². The minimum atomic E-state index is 0.791. The van der Waals surface area contributed by atoms with Gasteiger partial charge in [0, 0.05) is 0 Å². The molecule has 0 aliphatic heterocycles. The number of rotatable bonds is 4. The third-order valence-electron chi connectivity index (χ3n) is 4.85. The zero-order valence-corrected chi connectivity index (χ0v) is 17.5. The van der Waals surface area contributed by atoms with Gasteiger partial charge in [0.25, 0.3) is 0 Å². The van der Waals surface area contributed by atoms with Crippen LogP contribution in [0.25, 0.3) is 32.3 Å². The molecule has 0 saturated heterocycles. The quantitative estimate of drug-likeness (QED) is 0.252. The summed E-state index contributed by atoms with van der Waals surface area (Å²) in [6.45, 7) is 14.9. The molecule has 4 aromatic carbocycles. The number of aryl methyl sites for hydroxylation is 1. The van der Waals surface area contributed by atoms with Crippen LogP contribution in [-0.2, 0) is 6.42 Å². The Morgan fingerprint density at radius 2 is 1.26 bits per heavy atom. The molecule has 0 atom stereocenters. The van der Waals surface area contributed by atoms with E-state index in [-0.39, 0.29) is 0 Å². The largest absolute Gasteiger partial charge is 0.106 e. The number of benzene rings is 4. The van der Waals surface area contributed by atoms with E-state index in [2.05, 4.69) is 95.5 Å². The Labute approximate surface area is 165 Å². The van der Waals surface area contributed by atoms with Gasteiger partial charge in [0.05, 0.1) is 0 Å². The Kier molecular flexibility index (Phi) is 7.85. The fourth-order valence-corrected chi connectivity index (χ4v) is 3.71.